The Hall–Kier alpha value is -1.32. The molecule has 112 valence electrons. The lowest BCUT2D eigenvalue weighted by atomic mass is 9.93. The summed E-state index contributed by atoms with van der Waals surface area (Å²) in [6.45, 7) is 4.25. The summed E-state index contributed by atoms with van der Waals surface area (Å²) in [7, 11) is 3.74. The molecule has 0 bridgehead atoms. The van der Waals surface area contributed by atoms with Crippen molar-refractivity contribution in [2.75, 3.05) is 14.2 Å². The van der Waals surface area contributed by atoms with Crippen LogP contribution in [0.3, 0.4) is 0 Å². The molecule has 0 aliphatic heterocycles. The quantitative estimate of drug-likeness (QED) is 0.854. The van der Waals surface area contributed by atoms with Crippen LogP contribution in [0.2, 0.25) is 0 Å². The van der Waals surface area contributed by atoms with Crippen molar-refractivity contribution in [3.63, 3.8) is 0 Å². The second-order valence-electron chi connectivity index (χ2n) is 5.37. The fourth-order valence-electron chi connectivity index (χ4n) is 2.76. The monoisotopic (exact) mass is 347 g/mol. The van der Waals surface area contributed by atoms with Crippen LogP contribution in [0.1, 0.15) is 28.3 Å². The number of benzene rings is 2. The van der Waals surface area contributed by atoms with Gasteiger partial charge in [0.05, 0.1) is 7.11 Å². The standard InChI is InChI=1S/C18H22BrNO/c1-12-9-13(2)18(17(10-12)21-4)16(20-3)11-14-5-7-15(19)8-6-14/h5-10,16,20H,11H2,1-4H3. The van der Waals surface area contributed by atoms with E-state index in [1.807, 2.05) is 7.05 Å². The average Bonchev–Trinajstić information content (AvgIpc) is 2.46. The SMILES string of the molecule is CNC(Cc1ccc(Br)cc1)c1c(C)cc(C)cc1OC. The lowest BCUT2D eigenvalue weighted by molar-refractivity contribution is 0.400. The van der Waals surface area contributed by atoms with Gasteiger partial charge in [-0.15, -0.1) is 0 Å². The number of halogens is 1. The Kier molecular flexibility index (Phi) is 5.43. The third kappa shape index (κ3) is 3.86. The zero-order chi connectivity index (χ0) is 15.4. The lowest BCUT2D eigenvalue weighted by Crippen LogP contribution is -2.20. The lowest BCUT2D eigenvalue weighted by Gasteiger charge is -2.22. The van der Waals surface area contributed by atoms with Crippen molar-refractivity contribution >= 4 is 15.9 Å². The van der Waals surface area contributed by atoms with Crippen molar-refractivity contribution in [3.8, 4) is 5.75 Å². The van der Waals surface area contributed by atoms with Crippen LogP contribution in [0.25, 0.3) is 0 Å². The smallest absolute Gasteiger partial charge is 0.124 e. The molecular formula is C18H22BrNO. The second-order valence-corrected chi connectivity index (χ2v) is 6.29. The number of aryl methyl sites for hydroxylation is 2. The van der Waals surface area contributed by atoms with Gasteiger partial charge in [-0.3, -0.25) is 0 Å². The van der Waals surface area contributed by atoms with E-state index in [-0.39, 0.29) is 6.04 Å². The highest BCUT2D eigenvalue weighted by Crippen LogP contribution is 2.32. The molecule has 0 fully saturated rings. The van der Waals surface area contributed by atoms with Crippen molar-refractivity contribution in [3.05, 3.63) is 63.1 Å². The first-order valence-electron chi connectivity index (χ1n) is 7.12. The first-order valence-corrected chi connectivity index (χ1v) is 7.91. The largest absolute Gasteiger partial charge is 0.496 e. The molecule has 1 unspecified atom stereocenters. The maximum atomic E-state index is 5.60. The van der Waals surface area contributed by atoms with E-state index >= 15 is 0 Å². The summed E-state index contributed by atoms with van der Waals surface area (Å²) in [6, 6.07) is 13.0. The number of likely N-dealkylation sites (N-methyl/N-ethyl adjacent to an activating group) is 1. The normalized spacial score (nSPS) is 12.2. The van der Waals surface area contributed by atoms with Crippen LogP contribution in [0, 0.1) is 13.8 Å². The molecule has 0 amide bonds. The Labute approximate surface area is 135 Å². The third-order valence-electron chi connectivity index (χ3n) is 3.76. The molecular weight excluding hydrogens is 326 g/mol. The summed E-state index contributed by atoms with van der Waals surface area (Å²) in [4.78, 5) is 0. The maximum Gasteiger partial charge on any atom is 0.124 e. The number of rotatable bonds is 5. The minimum absolute atomic E-state index is 0.238. The van der Waals surface area contributed by atoms with Crippen LogP contribution in [0.15, 0.2) is 40.9 Å². The summed E-state index contributed by atoms with van der Waals surface area (Å²) in [6.07, 6.45) is 0.935. The van der Waals surface area contributed by atoms with Crippen molar-refractivity contribution in [2.45, 2.75) is 26.3 Å². The van der Waals surface area contributed by atoms with Gasteiger partial charge in [0.25, 0.3) is 0 Å². The van der Waals surface area contributed by atoms with Crippen LogP contribution in [0.5, 0.6) is 5.75 Å². The Bertz CT molecular complexity index is 607. The number of nitrogens with one attached hydrogen (secondary N) is 1. The molecule has 0 heterocycles. The summed E-state index contributed by atoms with van der Waals surface area (Å²) < 4.78 is 6.71. The van der Waals surface area contributed by atoms with Crippen molar-refractivity contribution in [2.24, 2.45) is 0 Å². The van der Waals surface area contributed by atoms with Gasteiger partial charge in [0.2, 0.25) is 0 Å². The molecule has 2 nitrogen and oxygen atoms in total. The summed E-state index contributed by atoms with van der Waals surface area (Å²) >= 11 is 3.48. The molecule has 0 aromatic heterocycles. The van der Waals surface area contributed by atoms with E-state index in [0.717, 1.165) is 16.6 Å². The van der Waals surface area contributed by atoms with Gasteiger partial charge in [0.1, 0.15) is 5.75 Å². The summed E-state index contributed by atoms with van der Waals surface area (Å²) in [5.41, 5.74) is 5.04. The van der Waals surface area contributed by atoms with E-state index in [1.54, 1.807) is 7.11 Å². The van der Waals surface area contributed by atoms with E-state index in [0.29, 0.717) is 0 Å². The zero-order valence-electron chi connectivity index (χ0n) is 13.0. The highest BCUT2D eigenvalue weighted by atomic mass is 79.9. The minimum Gasteiger partial charge on any atom is -0.496 e. The number of ether oxygens (including phenoxy) is 1. The first-order chi connectivity index (χ1) is 10.0. The maximum absolute atomic E-state index is 5.60. The molecule has 0 aliphatic carbocycles. The number of methoxy groups -OCH3 is 1. The molecule has 21 heavy (non-hydrogen) atoms. The zero-order valence-corrected chi connectivity index (χ0v) is 14.6. The topological polar surface area (TPSA) is 21.3 Å². The number of hydrogen-bond donors (Lipinski definition) is 1. The van der Waals surface area contributed by atoms with Crippen LogP contribution in [-0.4, -0.2) is 14.2 Å². The Balaban J connectivity index is 2.35. The van der Waals surface area contributed by atoms with Gasteiger partial charge >= 0.3 is 0 Å². The van der Waals surface area contributed by atoms with E-state index in [4.69, 9.17) is 4.74 Å². The van der Waals surface area contributed by atoms with Crippen LogP contribution < -0.4 is 10.1 Å². The highest BCUT2D eigenvalue weighted by Gasteiger charge is 2.18. The van der Waals surface area contributed by atoms with Crippen molar-refractivity contribution < 1.29 is 4.74 Å². The molecule has 0 saturated heterocycles. The molecule has 1 atom stereocenters. The molecule has 0 saturated carbocycles. The molecule has 0 aliphatic rings. The third-order valence-corrected chi connectivity index (χ3v) is 4.29. The molecule has 2 aromatic rings. The van der Waals surface area contributed by atoms with Gasteiger partial charge in [-0.1, -0.05) is 34.1 Å². The first kappa shape index (κ1) is 16.1. The van der Waals surface area contributed by atoms with Crippen LogP contribution >= 0.6 is 15.9 Å². The van der Waals surface area contributed by atoms with Gasteiger partial charge in [-0.2, -0.15) is 0 Å². The van der Waals surface area contributed by atoms with E-state index in [1.165, 1.54) is 22.3 Å². The van der Waals surface area contributed by atoms with E-state index < -0.39 is 0 Å². The van der Waals surface area contributed by atoms with Crippen LogP contribution in [0.4, 0.5) is 0 Å². The van der Waals surface area contributed by atoms with Crippen LogP contribution in [-0.2, 0) is 6.42 Å². The molecule has 3 heteroatoms. The van der Waals surface area contributed by atoms with Gasteiger partial charge in [-0.25, -0.2) is 0 Å². The number of hydrogen-bond acceptors (Lipinski definition) is 2. The molecule has 2 rings (SSSR count). The van der Waals surface area contributed by atoms with E-state index in [9.17, 15) is 0 Å². The highest BCUT2D eigenvalue weighted by molar-refractivity contribution is 9.10. The predicted octanol–water partition coefficient (Wildman–Crippen LogP) is 4.58. The second kappa shape index (κ2) is 7.10. The summed E-state index contributed by atoms with van der Waals surface area (Å²) in [5, 5.41) is 3.42. The predicted molar refractivity (Wildman–Crippen MR) is 92.1 cm³/mol. The molecule has 0 radical (unpaired) electrons. The average molecular weight is 348 g/mol. The Morgan fingerprint density at radius 1 is 1.14 bits per heavy atom. The minimum atomic E-state index is 0.238. The summed E-state index contributed by atoms with van der Waals surface area (Å²) in [5.74, 6) is 0.962. The molecule has 2 aromatic carbocycles. The molecule has 0 spiro atoms. The van der Waals surface area contributed by atoms with Gasteiger partial charge in [-0.05, 0) is 62.2 Å². The fraction of sp³-hybridized carbons (Fsp3) is 0.333. The van der Waals surface area contributed by atoms with Crippen molar-refractivity contribution in [1.82, 2.24) is 5.32 Å². The van der Waals surface area contributed by atoms with Gasteiger partial charge in [0.15, 0.2) is 0 Å². The van der Waals surface area contributed by atoms with Crippen molar-refractivity contribution in [1.29, 1.82) is 0 Å². The Morgan fingerprint density at radius 3 is 2.38 bits per heavy atom. The fourth-order valence-corrected chi connectivity index (χ4v) is 3.02. The van der Waals surface area contributed by atoms with Gasteiger partial charge in [0, 0.05) is 16.1 Å². The van der Waals surface area contributed by atoms with E-state index in [2.05, 4.69) is 71.5 Å². The Morgan fingerprint density at radius 2 is 1.81 bits per heavy atom. The van der Waals surface area contributed by atoms with Gasteiger partial charge < -0.3 is 10.1 Å². The molecule has 1 N–H and O–H groups in total.